The summed E-state index contributed by atoms with van der Waals surface area (Å²) in [5.74, 6) is 0.644. The van der Waals surface area contributed by atoms with E-state index in [-0.39, 0.29) is 6.04 Å². The Kier molecular flexibility index (Phi) is 3.24. The molecule has 0 bridgehead atoms. The van der Waals surface area contributed by atoms with Crippen molar-refractivity contribution in [3.63, 3.8) is 0 Å². The summed E-state index contributed by atoms with van der Waals surface area (Å²) in [6.07, 6.45) is 2.33. The van der Waals surface area contributed by atoms with Gasteiger partial charge in [-0.15, -0.1) is 0 Å². The summed E-state index contributed by atoms with van der Waals surface area (Å²) >= 11 is 5.97. The number of nitrogens with zero attached hydrogens (tertiary/aromatic N) is 4. The Labute approximate surface area is 133 Å². The zero-order valence-corrected chi connectivity index (χ0v) is 12.5. The zero-order valence-electron chi connectivity index (χ0n) is 11.7. The second kappa shape index (κ2) is 5.39. The van der Waals surface area contributed by atoms with Crippen molar-refractivity contribution >= 4 is 23.3 Å². The second-order valence-electron chi connectivity index (χ2n) is 5.20. The van der Waals surface area contributed by atoms with Crippen molar-refractivity contribution in [1.29, 1.82) is 0 Å². The van der Waals surface area contributed by atoms with Gasteiger partial charge in [0.05, 0.1) is 11.8 Å². The van der Waals surface area contributed by atoms with Crippen molar-refractivity contribution in [1.82, 2.24) is 14.8 Å². The van der Waals surface area contributed by atoms with Gasteiger partial charge >= 0.3 is 0 Å². The lowest BCUT2D eigenvalue weighted by Gasteiger charge is -2.23. The van der Waals surface area contributed by atoms with E-state index in [1.54, 1.807) is 6.33 Å². The summed E-state index contributed by atoms with van der Waals surface area (Å²) in [6.45, 7) is 0. The molecule has 1 unspecified atom stereocenters. The minimum absolute atomic E-state index is 0.113. The second-order valence-corrected chi connectivity index (χ2v) is 5.64. The van der Waals surface area contributed by atoms with E-state index in [0.29, 0.717) is 5.95 Å². The monoisotopic (exact) mass is 308 g/mol. The van der Waals surface area contributed by atoms with Crippen LogP contribution in [0.1, 0.15) is 23.6 Å². The lowest BCUT2D eigenvalue weighted by atomic mass is 9.96. The molecule has 4 rings (SSSR count). The minimum Gasteiger partial charge on any atom is -0.222 e. The fourth-order valence-corrected chi connectivity index (χ4v) is 2.86. The molecule has 108 valence electrons. The Balaban J connectivity index is 1.78. The topological polar surface area (TPSA) is 43.1 Å². The van der Waals surface area contributed by atoms with Crippen LogP contribution in [0.4, 0.5) is 5.95 Å². The highest BCUT2D eigenvalue weighted by Crippen LogP contribution is 2.32. The van der Waals surface area contributed by atoms with Crippen molar-refractivity contribution in [3.05, 3.63) is 77.1 Å². The van der Waals surface area contributed by atoms with Crippen molar-refractivity contribution < 1.29 is 0 Å². The standard InChI is InChI=1S/C17H13ClN4/c18-14-8-6-12(7-9-14)15-10-16(13-4-2-1-3-5-13)22-17(21-15)19-11-20-22/h1-9,11,16H,10H2. The number of benzene rings is 2. The molecule has 0 N–H and O–H groups in total. The van der Waals surface area contributed by atoms with Crippen LogP contribution in [0, 0.1) is 0 Å². The molecule has 0 saturated carbocycles. The van der Waals surface area contributed by atoms with E-state index in [4.69, 9.17) is 11.6 Å². The van der Waals surface area contributed by atoms with Gasteiger partial charge in [0, 0.05) is 11.4 Å². The summed E-state index contributed by atoms with van der Waals surface area (Å²) in [4.78, 5) is 8.91. The fourth-order valence-electron chi connectivity index (χ4n) is 2.74. The highest BCUT2D eigenvalue weighted by Gasteiger charge is 2.25. The number of aromatic nitrogens is 3. The predicted molar refractivity (Wildman–Crippen MR) is 86.9 cm³/mol. The molecule has 2 heterocycles. The van der Waals surface area contributed by atoms with Gasteiger partial charge in [-0.05, 0) is 23.3 Å². The third-order valence-corrected chi connectivity index (χ3v) is 4.08. The molecule has 0 radical (unpaired) electrons. The van der Waals surface area contributed by atoms with E-state index in [9.17, 15) is 0 Å². The van der Waals surface area contributed by atoms with Gasteiger partial charge in [0.25, 0.3) is 0 Å². The number of hydrogen-bond acceptors (Lipinski definition) is 3. The van der Waals surface area contributed by atoms with Crippen molar-refractivity contribution in [2.24, 2.45) is 4.99 Å². The lowest BCUT2D eigenvalue weighted by Crippen LogP contribution is -2.21. The SMILES string of the molecule is Clc1ccc(C2=Nc3ncnn3C(c3ccccc3)C2)cc1. The largest absolute Gasteiger partial charge is 0.248 e. The van der Waals surface area contributed by atoms with E-state index in [0.717, 1.165) is 22.7 Å². The molecule has 0 amide bonds. The fraction of sp³-hybridized carbons (Fsp3) is 0.118. The maximum absolute atomic E-state index is 5.97. The highest BCUT2D eigenvalue weighted by atomic mass is 35.5. The van der Waals surface area contributed by atoms with E-state index < -0.39 is 0 Å². The molecule has 0 saturated heterocycles. The Hall–Kier alpha value is -2.46. The Morgan fingerprint density at radius 3 is 2.55 bits per heavy atom. The molecular formula is C17H13ClN4. The molecule has 4 nitrogen and oxygen atoms in total. The first-order valence-electron chi connectivity index (χ1n) is 7.09. The normalized spacial score (nSPS) is 17.0. The molecule has 1 aliphatic heterocycles. The number of fused-ring (bicyclic) bond motifs is 1. The van der Waals surface area contributed by atoms with Crippen molar-refractivity contribution in [3.8, 4) is 0 Å². The van der Waals surface area contributed by atoms with E-state index >= 15 is 0 Å². The molecular weight excluding hydrogens is 296 g/mol. The summed E-state index contributed by atoms with van der Waals surface area (Å²) in [6, 6.07) is 18.2. The van der Waals surface area contributed by atoms with Gasteiger partial charge in [0.1, 0.15) is 6.33 Å². The quantitative estimate of drug-likeness (QED) is 0.717. The third kappa shape index (κ3) is 2.31. The van der Waals surface area contributed by atoms with Gasteiger partial charge in [0.2, 0.25) is 5.95 Å². The Morgan fingerprint density at radius 1 is 1.00 bits per heavy atom. The molecule has 3 aromatic rings. The highest BCUT2D eigenvalue weighted by molar-refractivity contribution is 6.30. The first-order chi connectivity index (χ1) is 10.8. The average Bonchev–Trinajstić information content (AvgIpc) is 3.04. The van der Waals surface area contributed by atoms with E-state index in [2.05, 4.69) is 27.2 Å². The van der Waals surface area contributed by atoms with Crippen LogP contribution >= 0.6 is 11.6 Å². The van der Waals surface area contributed by atoms with Crippen molar-refractivity contribution in [2.45, 2.75) is 12.5 Å². The lowest BCUT2D eigenvalue weighted by molar-refractivity contribution is 0.531. The molecule has 22 heavy (non-hydrogen) atoms. The van der Waals surface area contributed by atoms with Gasteiger partial charge in [0.15, 0.2) is 0 Å². The maximum atomic E-state index is 5.97. The molecule has 0 spiro atoms. The first-order valence-corrected chi connectivity index (χ1v) is 7.47. The number of aliphatic imine (C=N–C) groups is 1. The van der Waals surface area contributed by atoms with Gasteiger partial charge < -0.3 is 0 Å². The first kappa shape index (κ1) is 13.2. The number of rotatable bonds is 2. The summed E-state index contributed by atoms with van der Waals surface area (Å²) < 4.78 is 1.88. The van der Waals surface area contributed by atoms with Crippen LogP contribution in [0.15, 0.2) is 65.9 Å². The van der Waals surface area contributed by atoms with Crippen LogP contribution in [0.2, 0.25) is 5.02 Å². The third-order valence-electron chi connectivity index (χ3n) is 3.83. The molecule has 1 aliphatic rings. The van der Waals surface area contributed by atoms with Crippen LogP contribution in [0.5, 0.6) is 0 Å². The van der Waals surface area contributed by atoms with Gasteiger partial charge in [-0.3, -0.25) is 0 Å². The number of halogens is 1. The zero-order chi connectivity index (χ0) is 14.9. The van der Waals surface area contributed by atoms with Crippen LogP contribution < -0.4 is 0 Å². The number of hydrogen-bond donors (Lipinski definition) is 0. The van der Waals surface area contributed by atoms with Crippen LogP contribution in [-0.4, -0.2) is 20.5 Å². The predicted octanol–water partition coefficient (Wildman–Crippen LogP) is 4.05. The Morgan fingerprint density at radius 2 is 1.77 bits per heavy atom. The van der Waals surface area contributed by atoms with Crippen LogP contribution in [0.25, 0.3) is 0 Å². The Bertz CT molecular complexity index is 821. The molecule has 0 fully saturated rings. The maximum Gasteiger partial charge on any atom is 0.248 e. The summed E-state index contributed by atoms with van der Waals surface area (Å²) in [5.41, 5.74) is 3.28. The van der Waals surface area contributed by atoms with Crippen LogP contribution in [-0.2, 0) is 0 Å². The van der Waals surface area contributed by atoms with Gasteiger partial charge in [-0.2, -0.15) is 10.1 Å². The summed E-state index contributed by atoms with van der Waals surface area (Å²) in [7, 11) is 0. The van der Waals surface area contributed by atoms with Crippen molar-refractivity contribution in [2.75, 3.05) is 0 Å². The molecule has 2 aromatic carbocycles. The van der Waals surface area contributed by atoms with E-state index in [1.807, 2.05) is 47.1 Å². The molecule has 5 heteroatoms. The van der Waals surface area contributed by atoms with E-state index in [1.165, 1.54) is 5.56 Å². The van der Waals surface area contributed by atoms with Crippen LogP contribution in [0.3, 0.4) is 0 Å². The smallest absolute Gasteiger partial charge is 0.222 e. The van der Waals surface area contributed by atoms with Gasteiger partial charge in [-0.25, -0.2) is 9.67 Å². The molecule has 1 atom stereocenters. The molecule has 1 aromatic heterocycles. The molecule has 0 aliphatic carbocycles. The average molecular weight is 309 g/mol. The summed E-state index contributed by atoms with van der Waals surface area (Å²) in [5, 5.41) is 5.06. The minimum atomic E-state index is 0.113. The van der Waals surface area contributed by atoms with Gasteiger partial charge in [-0.1, -0.05) is 54.1 Å².